The van der Waals surface area contributed by atoms with Crippen LogP contribution < -0.4 is 10.1 Å². The van der Waals surface area contributed by atoms with Crippen LogP contribution in [0.15, 0.2) is 47.8 Å². The first kappa shape index (κ1) is 18.4. The number of anilines is 1. The maximum absolute atomic E-state index is 12.6. The molecule has 0 radical (unpaired) electrons. The van der Waals surface area contributed by atoms with Crippen LogP contribution in [0.1, 0.15) is 35.1 Å². The first-order valence-corrected chi connectivity index (χ1v) is 9.44. The summed E-state index contributed by atoms with van der Waals surface area (Å²) < 4.78 is 5.12. The third kappa shape index (κ3) is 4.06. The highest BCUT2D eigenvalue weighted by Crippen LogP contribution is 2.29. The number of benzene rings is 2. The predicted octanol–water partition coefficient (Wildman–Crippen LogP) is 5.85. The topological polar surface area (TPSA) is 51.2 Å². The number of rotatable bonds is 5. The van der Waals surface area contributed by atoms with Crippen LogP contribution in [-0.4, -0.2) is 18.0 Å². The van der Waals surface area contributed by atoms with E-state index in [4.69, 9.17) is 16.3 Å². The number of aromatic nitrogens is 1. The van der Waals surface area contributed by atoms with Crippen LogP contribution in [0.5, 0.6) is 5.75 Å². The van der Waals surface area contributed by atoms with Crippen molar-refractivity contribution in [2.45, 2.75) is 19.8 Å². The van der Waals surface area contributed by atoms with Gasteiger partial charge >= 0.3 is 0 Å². The molecule has 2 aromatic carbocycles. The van der Waals surface area contributed by atoms with E-state index in [0.29, 0.717) is 27.9 Å². The maximum atomic E-state index is 12.6. The van der Waals surface area contributed by atoms with Gasteiger partial charge in [-0.1, -0.05) is 37.6 Å². The minimum absolute atomic E-state index is 0.201. The molecule has 0 atom stereocenters. The van der Waals surface area contributed by atoms with Gasteiger partial charge in [-0.3, -0.25) is 4.79 Å². The molecule has 1 heterocycles. The molecule has 1 amide bonds. The molecule has 0 bridgehead atoms. The molecule has 0 spiro atoms. The quantitative estimate of drug-likeness (QED) is 0.598. The molecule has 0 saturated heterocycles. The highest BCUT2D eigenvalue weighted by Gasteiger charge is 2.12. The molecular formula is C20H19ClN2O2S. The second-order valence-corrected chi connectivity index (χ2v) is 7.41. The number of hydrogen-bond acceptors (Lipinski definition) is 4. The molecule has 1 N–H and O–H groups in total. The molecule has 1 aromatic heterocycles. The minimum atomic E-state index is -0.201. The van der Waals surface area contributed by atoms with Crippen LogP contribution in [0.2, 0.25) is 5.02 Å². The SMILES string of the molecule is COc1ccc(NC(=O)c2cccc(-c3csc(C(C)C)n3)c2)cc1Cl. The number of halogens is 1. The Hall–Kier alpha value is -2.37. The van der Waals surface area contributed by atoms with E-state index >= 15 is 0 Å². The van der Waals surface area contributed by atoms with E-state index in [2.05, 4.69) is 24.1 Å². The first-order chi connectivity index (χ1) is 12.5. The van der Waals surface area contributed by atoms with Crippen molar-refractivity contribution in [2.75, 3.05) is 12.4 Å². The van der Waals surface area contributed by atoms with E-state index in [1.807, 2.05) is 23.6 Å². The summed E-state index contributed by atoms with van der Waals surface area (Å²) in [6.45, 7) is 4.24. The smallest absolute Gasteiger partial charge is 0.255 e. The van der Waals surface area contributed by atoms with Gasteiger partial charge in [-0.25, -0.2) is 4.98 Å². The number of carbonyl (C=O) groups is 1. The number of hydrogen-bond donors (Lipinski definition) is 1. The van der Waals surface area contributed by atoms with E-state index in [0.717, 1.165) is 16.3 Å². The van der Waals surface area contributed by atoms with Crippen molar-refractivity contribution < 1.29 is 9.53 Å². The van der Waals surface area contributed by atoms with E-state index in [-0.39, 0.29) is 5.91 Å². The summed E-state index contributed by atoms with van der Waals surface area (Å²) in [7, 11) is 1.55. The largest absolute Gasteiger partial charge is 0.495 e. The average molecular weight is 387 g/mol. The van der Waals surface area contributed by atoms with Gasteiger partial charge in [-0.05, 0) is 30.3 Å². The molecule has 3 aromatic rings. The molecule has 0 aliphatic rings. The van der Waals surface area contributed by atoms with E-state index in [1.54, 1.807) is 42.7 Å². The molecule has 3 rings (SSSR count). The van der Waals surface area contributed by atoms with Crippen molar-refractivity contribution in [1.29, 1.82) is 0 Å². The summed E-state index contributed by atoms with van der Waals surface area (Å²) in [5.74, 6) is 0.753. The number of ether oxygens (including phenoxy) is 1. The van der Waals surface area contributed by atoms with E-state index in [1.165, 1.54) is 0 Å². The molecule has 0 aliphatic carbocycles. The fourth-order valence-corrected chi connectivity index (χ4v) is 3.55. The predicted molar refractivity (Wildman–Crippen MR) is 108 cm³/mol. The lowest BCUT2D eigenvalue weighted by atomic mass is 10.1. The van der Waals surface area contributed by atoms with Crippen LogP contribution in [0.4, 0.5) is 5.69 Å². The fourth-order valence-electron chi connectivity index (χ4n) is 2.45. The summed E-state index contributed by atoms with van der Waals surface area (Å²) >= 11 is 7.74. The van der Waals surface area contributed by atoms with Crippen molar-refractivity contribution in [3.8, 4) is 17.0 Å². The van der Waals surface area contributed by atoms with Crippen molar-refractivity contribution in [1.82, 2.24) is 4.98 Å². The summed E-state index contributed by atoms with van der Waals surface area (Å²) in [5.41, 5.74) is 2.99. The van der Waals surface area contributed by atoms with Crippen LogP contribution in [0.3, 0.4) is 0 Å². The van der Waals surface area contributed by atoms with Crippen LogP contribution in [0, 0.1) is 0 Å². The Balaban J connectivity index is 1.80. The Morgan fingerprint density at radius 3 is 2.69 bits per heavy atom. The molecule has 6 heteroatoms. The number of nitrogens with zero attached hydrogens (tertiary/aromatic N) is 1. The zero-order valence-corrected chi connectivity index (χ0v) is 16.3. The molecule has 0 saturated carbocycles. The van der Waals surface area contributed by atoms with Gasteiger partial charge < -0.3 is 10.1 Å². The lowest BCUT2D eigenvalue weighted by Crippen LogP contribution is -2.11. The molecule has 0 aliphatic heterocycles. The number of thiazole rings is 1. The molecule has 134 valence electrons. The summed E-state index contributed by atoms with van der Waals surface area (Å²) in [6, 6.07) is 12.6. The minimum Gasteiger partial charge on any atom is -0.495 e. The highest BCUT2D eigenvalue weighted by atomic mass is 35.5. The Morgan fingerprint density at radius 2 is 2.04 bits per heavy atom. The van der Waals surface area contributed by atoms with Gasteiger partial charge in [0.15, 0.2) is 0 Å². The second-order valence-electron chi connectivity index (χ2n) is 6.11. The monoisotopic (exact) mass is 386 g/mol. The average Bonchev–Trinajstić information content (AvgIpc) is 3.12. The Bertz CT molecular complexity index is 937. The zero-order valence-electron chi connectivity index (χ0n) is 14.7. The number of nitrogens with one attached hydrogen (secondary N) is 1. The van der Waals surface area contributed by atoms with E-state index in [9.17, 15) is 4.79 Å². The summed E-state index contributed by atoms with van der Waals surface area (Å²) in [6.07, 6.45) is 0. The molecule has 0 unspecified atom stereocenters. The summed E-state index contributed by atoms with van der Waals surface area (Å²) in [5, 5.41) is 6.41. The van der Waals surface area contributed by atoms with Gasteiger partial charge in [0.2, 0.25) is 0 Å². The normalized spacial score (nSPS) is 10.8. The number of methoxy groups -OCH3 is 1. The van der Waals surface area contributed by atoms with Crippen LogP contribution in [0.25, 0.3) is 11.3 Å². The van der Waals surface area contributed by atoms with Gasteiger partial charge in [-0.15, -0.1) is 11.3 Å². The second kappa shape index (κ2) is 7.89. The molecule has 4 nitrogen and oxygen atoms in total. The van der Waals surface area contributed by atoms with Crippen LogP contribution >= 0.6 is 22.9 Å². The maximum Gasteiger partial charge on any atom is 0.255 e. The molecular weight excluding hydrogens is 368 g/mol. The Morgan fingerprint density at radius 1 is 1.23 bits per heavy atom. The summed E-state index contributed by atoms with van der Waals surface area (Å²) in [4.78, 5) is 17.2. The molecule has 26 heavy (non-hydrogen) atoms. The van der Waals surface area contributed by atoms with Crippen molar-refractivity contribution in [3.05, 3.63) is 63.4 Å². The third-order valence-corrected chi connectivity index (χ3v) is 5.29. The highest BCUT2D eigenvalue weighted by molar-refractivity contribution is 7.10. The van der Waals surface area contributed by atoms with E-state index < -0.39 is 0 Å². The van der Waals surface area contributed by atoms with Gasteiger partial charge in [0.1, 0.15) is 5.75 Å². The lowest BCUT2D eigenvalue weighted by Gasteiger charge is -2.09. The van der Waals surface area contributed by atoms with Crippen LogP contribution in [-0.2, 0) is 0 Å². The van der Waals surface area contributed by atoms with Gasteiger partial charge in [0, 0.05) is 28.1 Å². The van der Waals surface area contributed by atoms with Crippen molar-refractivity contribution in [3.63, 3.8) is 0 Å². The van der Waals surface area contributed by atoms with Gasteiger partial charge in [0.05, 0.1) is 22.8 Å². The number of carbonyl (C=O) groups excluding carboxylic acids is 1. The zero-order chi connectivity index (χ0) is 18.7. The van der Waals surface area contributed by atoms with Gasteiger partial charge in [-0.2, -0.15) is 0 Å². The fraction of sp³-hybridized carbons (Fsp3) is 0.200. The van der Waals surface area contributed by atoms with Gasteiger partial charge in [0.25, 0.3) is 5.91 Å². The van der Waals surface area contributed by atoms with Crippen molar-refractivity contribution in [2.24, 2.45) is 0 Å². The third-order valence-electron chi connectivity index (χ3n) is 3.85. The van der Waals surface area contributed by atoms with Crippen molar-refractivity contribution >= 4 is 34.5 Å². The number of amides is 1. The molecule has 0 fully saturated rings. The first-order valence-electron chi connectivity index (χ1n) is 8.18. The lowest BCUT2D eigenvalue weighted by molar-refractivity contribution is 0.102. The Labute approximate surface area is 161 Å². The standard InChI is InChI=1S/C20H19ClN2O2S/c1-12(2)20-23-17(11-26-20)13-5-4-6-14(9-13)19(24)22-15-7-8-18(25-3)16(21)10-15/h4-12H,1-3H3,(H,22,24). The Kier molecular flexibility index (Phi) is 5.59.